The van der Waals surface area contributed by atoms with Crippen molar-refractivity contribution in [2.24, 2.45) is 5.73 Å². The van der Waals surface area contributed by atoms with E-state index in [-0.39, 0.29) is 5.91 Å². The highest BCUT2D eigenvalue weighted by molar-refractivity contribution is 6.09. The van der Waals surface area contributed by atoms with Crippen LogP contribution in [0.4, 0.5) is 5.69 Å². The summed E-state index contributed by atoms with van der Waals surface area (Å²) in [6.45, 7) is 1.10. The third-order valence-electron chi connectivity index (χ3n) is 3.83. The quantitative estimate of drug-likeness (QED) is 0.859. The van der Waals surface area contributed by atoms with Gasteiger partial charge in [0.05, 0.1) is 12.8 Å². The summed E-state index contributed by atoms with van der Waals surface area (Å²) in [4.78, 5) is 14.5. The number of fused-ring (bicyclic) bond motifs is 1. The van der Waals surface area contributed by atoms with Gasteiger partial charge in [-0.25, -0.2) is 0 Å². The number of anilines is 1. The Morgan fingerprint density at radius 3 is 2.62 bits per heavy atom. The topological polar surface area (TPSA) is 64.8 Å². The fourth-order valence-electron chi connectivity index (χ4n) is 2.59. The number of benzene rings is 2. The summed E-state index contributed by atoms with van der Waals surface area (Å²) >= 11 is 0. The van der Waals surface area contributed by atoms with Crippen LogP contribution in [0.15, 0.2) is 54.3 Å². The average Bonchev–Trinajstić information content (AvgIpc) is 2.62. The number of nitrogens with zero attached hydrogens (tertiary/aromatic N) is 1. The van der Waals surface area contributed by atoms with E-state index < -0.39 is 0 Å². The molecular formula is C19H20N2O3. The van der Waals surface area contributed by atoms with Gasteiger partial charge in [-0.2, -0.15) is 0 Å². The van der Waals surface area contributed by atoms with Crippen LogP contribution in [0.2, 0.25) is 0 Å². The van der Waals surface area contributed by atoms with E-state index in [1.165, 1.54) is 0 Å². The molecule has 0 radical (unpaired) electrons. The van der Waals surface area contributed by atoms with Gasteiger partial charge in [-0.1, -0.05) is 24.3 Å². The highest BCUT2D eigenvalue weighted by atomic mass is 16.5. The number of carbonyl (C=O) groups is 1. The molecule has 2 N–H and O–H groups in total. The largest absolute Gasteiger partial charge is 0.497 e. The minimum absolute atomic E-state index is 0.155. The van der Waals surface area contributed by atoms with Gasteiger partial charge in [0.1, 0.15) is 5.75 Å². The van der Waals surface area contributed by atoms with Crippen LogP contribution in [0.1, 0.15) is 12.0 Å². The Morgan fingerprint density at radius 1 is 1.17 bits per heavy atom. The SMILES string of the molecule is COc1ccc(/C=C2/Oc3ccccc3N(CCCN)C2=O)cc1. The maximum atomic E-state index is 12.8. The van der Waals surface area contributed by atoms with Crippen molar-refractivity contribution in [2.45, 2.75) is 6.42 Å². The summed E-state index contributed by atoms with van der Waals surface area (Å²) in [5, 5.41) is 0. The van der Waals surface area contributed by atoms with E-state index in [1.807, 2.05) is 48.5 Å². The zero-order valence-corrected chi connectivity index (χ0v) is 13.6. The zero-order valence-electron chi connectivity index (χ0n) is 13.6. The molecule has 2 aromatic rings. The number of ether oxygens (including phenoxy) is 2. The lowest BCUT2D eigenvalue weighted by molar-refractivity contribution is -0.117. The molecule has 0 saturated heterocycles. The number of para-hydroxylation sites is 2. The normalized spacial score (nSPS) is 15.2. The summed E-state index contributed by atoms with van der Waals surface area (Å²) in [7, 11) is 1.62. The second kappa shape index (κ2) is 7.19. The van der Waals surface area contributed by atoms with Crippen molar-refractivity contribution >= 4 is 17.7 Å². The van der Waals surface area contributed by atoms with Gasteiger partial charge in [0.15, 0.2) is 11.5 Å². The molecule has 0 spiro atoms. The van der Waals surface area contributed by atoms with Crippen molar-refractivity contribution in [2.75, 3.05) is 25.1 Å². The monoisotopic (exact) mass is 324 g/mol. The molecule has 0 unspecified atom stereocenters. The van der Waals surface area contributed by atoms with Crippen LogP contribution in [-0.4, -0.2) is 26.1 Å². The third kappa shape index (κ3) is 3.26. The standard InChI is InChI=1S/C19H20N2O3/c1-23-15-9-7-14(8-10-15)13-18-19(22)21(12-4-11-20)16-5-2-3-6-17(16)24-18/h2-3,5-10,13H,4,11-12,20H2,1H3/b18-13+. The van der Waals surface area contributed by atoms with Gasteiger partial charge in [0.25, 0.3) is 5.91 Å². The Bertz CT molecular complexity index is 753. The first-order valence-corrected chi connectivity index (χ1v) is 7.87. The molecule has 5 nitrogen and oxygen atoms in total. The van der Waals surface area contributed by atoms with Crippen molar-refractivity contribution in [1.82, 2.24) is 0 Å². The molecule has 5 heteroatoms. The summed E-state index contributed by atoms with van der Waals surface area (Å²) in [5.74, 6) is 1.59. The Morgan fingerprint density at radius 2 is 1.92 bits per heavy atom. The number of nitrogens with two attached hydrogens (primary N) is 1. The maximum Gasteiger partial charge on any atom is 0.294 e. The molecule has 0 saturated carbocycles. The minimum Gasteiger partial charge on any atom is -0.497 e. The molecule has 1 heterocycles. The van der Waals surface area contributed by atoms with Crippen molar-refractivity contribution in [1.29, 1.82) is 0 Å². The molecule has 24 heavy (non-hydrogen) atoms. The van der Waals surface area contributed by atoms with Gasteiger partial charge in [-0.3, -0.25) is 4.79 Å². The molecule has 1 amide bonds. The lowest BCUT2D eigenvalue weighted by Gasteiger charge is -2.30. The van der Waals surface area contributed by atoms with E-state index in [0.29, 0.717) is 24.6 Å². The fraction of sp³-hybridized carbons (Fsp3) is 0.211. The smallest absolute Gasteiger partial charge is 0.294 e. The first-order valence-electron chi connectivity index (χ1n) is 7.87. The molecule has 124 valence electrons. The number of hydrogen-bond donors (Lipinski definition) is 1. The number of carbonyl (C=O) groups excluding carboxylic acids is 1. The van der Waals surface area contributed by atoms with E-state index in [2.05, 4.69) is 0 Å². The van der Waals surface area contributed by atoms with Crippen molar-refractivity contribution < 1.29 is 14.3 Å². The van der Waals surface area contributed by atoms with Crippen molar-refractivity contribution in [3.8, 4) is 11.5 Å². The van der Waals surface area contributed by atoms with Crippen LogP contribution < -0.4 is 20.1 Å². The molecule has 0 fully saturated rings. The Hall–Kier alpha value is -2.79. The summed E-state index contributed by atoms with van der Waals surface area (Å²) in [6, 6.07) is 15.0. The third-order valence-corrected chi connectivity index (χ3v) is 3.83. The van der Waals surface area contributed by atoms with Gasteiger partial charge in [0.2, 0.25) is 0 Å². The highest BCUT2D eigenvalue weighted by Crippen LogP contribution is 2.35. The van der Waals surface area contributed by atoms with Gasteiger partial charge >= 0.3 is 0 Å². The molecule has 3 rings (SSSR count). The van der Waals surface area contributed by atoms with Gasteiger partial charge in [0, 0.05) is 6.54 Å². The second-order valence-corrected chi connectivity index (χ2v) is 5.45. The first kappa shape index (κ1) is 16.1. The Labute approximate surface area is 141 Å². The molecule has 2 aromatic carbocycles. The van der Waals surface area contributed by atoms with E-state index >= 15 is 0 Å². The Balaban J connectivity index is 1.94. The van der Waals surface area contributed by atoms with Crippen LogP contribution in [0, 0.1) is 0 Å². The average molecular weight is 324 g/mol. The van der Waals surface area contributed by atoms with Crippen LogP contribution in [0.5, 0.6) is 11.5 Å². The highest BCUT2D eigenvalue weighted by Gasteiger charge is 2.29. The van der Waals surface area contributed by atoms with Gasteiger partial charge in [-0.15, -0.1) is 0 Å². The molecule has 1 aliphatic rings. The number of rotatable bonds is 5. The molecule has 0 bridgehead atoms. The zero-order chi connectivity index (χ0) is 16.9. The maximum absolute atomic E-state index is 12.8. The molecule has 0 aromatic heterocycles. The summed E-state index contributed by atoms with van der Waals surface area (Å²) in [6.07, 6.45) is 2.48. The number of hydrogen-bond acceptors (Lipinski definition) is 4. The van der Waals surface area contributed by atoms with Crippen molar-refractivity contribution in [3.05, 3.63) is 59.9 Å². The fourth-order valence-corrected chi connectivity index (χ4v) is 2.59. The van der Waals surface area contributed by atoms with Gasteiger partial charge in [-0.05, 0) is 48.9 Å². The lowest BCUT2D eigenvalue weighted by atomic mass is 10.1. The first-order chi connectivity index (χ1) is 11.7. The van der Waals surface area contributed by atoms with Gasteiger partial charge < -0.3 is 20.1 Å². The predicted molar refractivity (Wildman–Crippen MR) is 94.1 cm³/mol. The lowest BCUT2D eigenvalue weighted by Crippen LogP contribution is -2.38. The van der Waals surface area contributed by atoms with E-state index in [1.54, 1.807) is 18.1 Å². The molecule has 0 aliphatic carbocycles. The van der Waals surface area contributed by atoms with Crippen LogP contribution in [-0.2, 0) is 4.79 Å². The minimum atomic E-state index is -0.155. The van der Waals surface area contributed by atoms with Crippen LogP contribution >= 0.6 is 0 Å². The number of amides is 1. The van der Waals surface area contributed by atoms with Crippen LogP contribution in [0.3, 0.4) is 0 Å². The van der Waals surface area contributed by atoms with E-state index in [9.17, 15) is 4.79 Å². The van der Waals surface area contributed by atoms with Crippen LogP contribution in [0.25, 0.3) is 6.08 Å². The van der Waals surface area contributed by atoms with Crippen molar-refractivity contribution in [3.63, 3.8) is 0 Å². The van der Waals surface area contributed by atoms with E-state index in [4.69, 9.17) is 15.2 Å². The Kier molecular flexibility index (Phi) is 4.82. The molecule has 0 atom stereocenters. The summed E-state index contributed by atoms with van der Waals surface area (Å²) < 4.78 is 11.0. The van der Waals surface area contributed by atoms with E-state index in [0.717, 1.165) is 23.4 Å². The molecule has 1 aliphatic heterocycles. The molecular weight excluding hydrogens is 304 g/mol. The number of methoxy groups -OCH3 is 1. The second-order valence-electron chi connectivity index (χ2n) is 5.45. The summed E-state index contributed by atoms with van der Waals surface area (Å²) in [5.41, 5.74) is 7.25. The predicted octanol–water partition coefficient (Wildman–Crippen LogP) is 2.81.